The van der Waals surface area contributed by atoms with Crippen LogP contribution in [0.5, 0.6) is 0 Å². The molecule has 1 aromatic rings. The summed E-state index contributed by atoms with van der Waals surface area (Å²) in [6, 6.07) is 9.47. The van der Waals surface area contributed by atoms with Crippen molar-refractivity contribution < 1.29 is 10.0 Å². The molecule has 19 heavy (non-hydrogen) atoms. The van der Waals surface area contributed by atoms with Gasteiger partial charge >= 0.3 is 0 Å². The molecule has 5 N–H and O–H groups in total. The highest BCUT2D eigenvalue weighted by molar-refractivity contribution is 5.87. The van der Waals surface area contributed by atoms with Gasteiger partial charge in [-0.2, -0.15) is 0 Å². The van der Waals surface area contributed by atoms with Gasteiger partial charge in [0.05, 0.1) is 12.5 Å². The molecule has 0 aliphatic heterocycles. The molecule has 0 radical (unpaired) electrons. The molecule has 104 valence electrons. The van der Waals surface area contributed by atoms with E-state index in [1.165, 1.54) is 0 Å². The van der Waals surface area contributed by atoms with Gasteiger partial charge < -0.3 is 21.6 Å². The summed E-state index contributed by atoms with van der Waals surface area (Å²) < 4.78 is 0. The van der Waals surface area contributed by atoms with Crippen molar-refractivity contribution in [3.05, 3.63) is 35.9 Å². The number of benzene rings is 1. The van der Waals surface area contributed by atoms with E-state index in [2.05, 4.69) is 15.8 Å². The third kappa shape index (κ3) is 4.97. The van der Waals surface area contributed by atoms with Crippen LogP contribution in [0.3, 0.4) is 0 Å². The first-order chi connectivity index (χ1) is 9.19. The summed E-state index contributed by atoms with van der Waals surface area (Å²) in [7, 11) is 0. The molecule has 0 heterocycles. The van der Waals surface area contributed by atoms with E-state index in [1.54, 1.807) is 0 Å². The van der Waals surface area contributed by atoms with Crippen molar-refractivity contribution in [2.75, 3.05) is 19.6 Å². The molecule has 1 amide bonds. The highest BCUT2D eigenvalue weighted by atomic mass is 16.4. The van der Waals surface area contributed by atoms with Gasteiger partial charge in [0.25, 0.3) is 0 Å². The number of hydrogen-bond donors (Lipinski definition) is 4. The lowest BCUT2D eigenvalue weighted by molar-refractivity contribution is -0.120. The van der Waals surface area contributed by atoms with Crippen molar-refractivity contribution in [1.82, 2.24) is 10.6 Å². The monoisotopic (exact) mass is 264 g/mol. The van der Waals surface area contributed by atoms with Gasteiger partial charge in [-0.05, 0) is 12.5 Å². The minimum Gasteiger partial charge on any atom is -0.409 e. The molecule has 0 aromatic heterocycles. The SMILES string of the molecule is CCNC(=O)CNCC(C(N)=NO)c1ccccc1. The molecule has 1 atom stereocenters. The summed E-state index contributed by atoms with van der Waals surface area (Å²) >= 11 is 0. The average molecular weight is 264 g/mol. The van der Waals surface area contributed by atoms with Gasteiger partial charge in [-0.15, -0.1) is 0 Å². The second-order valence-corrected chi connectivity index (χ2v) is 4.07. The number of rotatable bonds is 7. The largest absolute Gasteiger partial charge is 0.409 e. The number of carbonyl (C=O) groups excluding carboxylic acids is 1. The number of amidine groups is 1. The van der Waals surface area contributed by atoms with Crippen LogP contribution in [-0.2, 0) is 4.79 Å². The predicted octanol–water partition coefficient (Wildman–Crippen LogP) is 0.242. The maximum atomic E-state index is 11.3. The van der Waals surface area contributed by atoms with Crippen molar-refractivity contribution >= 4 is 11.7 Å². The van der Waals surface area contributed by atoms with Crippen molar-refractivity contribution in [1.29, 1.82) is 0 Å². The van der Waals surface area contributed by atoms with Crippen molar-refractivity contribution in [2.45, 2.75) is 12.8 Å². The van der Waals surface area contributed by atoms with E-state index in [0.29, 0.717) is 13.1 Å². The number of oxime groups is 1. The fraction of sp³-hybridized carbons (Fsp3) is 0.385. The molecule has 6 heteroatoms. The zero-order chi connectivity index (χ0) is 14.1. The second kappa shape index (κ2) is 8.10. The second-order valence-electron chi connectivity index (χ2n) is 4.07. The van der Waals surface area contributed by atoms with E-state index in [-0.39, 0.29) is 24.2 Å². The van der Waals surface area contributed by atoms with Gasteiger partial charge in [0.1, 0.15) is 5.84 Å². The quantitative estimate of drug-likeness (QED) is 0.245. The Balaban J connectivity index is 2.60. The van der Waals surface area contributed by atoms with Crippen LogP contribution in [0.2, 0.25) is 0 Å². The fourth-order valence-corrected chi connectivity index (χ4v) is 1.74. The molecule has 0 saturated heterocycles. The number of amides is 1. The van der Waals surface area contributed by atoms with Crippen LogP contribution in [0.1, 0.15) is 18.4 Å². The van der Waals surface area contributed by atoms with Gasteiger partial charge in [-0.1, -0.05) is 35.5 Å². The normalized spacial score (nSPS) is 13.0. The summed E-state index contributed by atoms with van der Waals surface area (Å²) in [6.07, 6.45) is 0. The predicted molar refractivity (Wildman–Crippen MR) is 74.1 cm³/mol. The first kappa shape index (κ1) is 15.0. The Labute approximate surface area is 112 Å². The minimum absolute atomic E-state index is 0.0752. The van der Waals surface area contributed by atoms with Crippen LogP contribution in [0.25, 0.3) is 0 Å². The third-order valence-corrected chi connectivity index (χ3v) is 2.68. The molecule has 6 nitrogen and oxygen atoms in total. The van der Waals surface area contributed by atoms with Gasteiger partial charge in [-0.3, -0.25) is 4.79 Å². The van der Waals surface area contributed by atoms with Crippen LogP contribution in [0.15, 0.2) is 35.5 Å². The lowest BCUT2D eigenvalue weighted by Crippen LogP contribution is -2.38. The Morgan fingerprint density at radius 2 is 2.11 bits per heavy atom. The Kier molecular flexibility index (Phi) is 6.38. The van der Waals surface area contributed by atoms with E-state index in [0.717, 1.165) is 5.56 Å². The third-order valence-electron chi connectivity index (χ3n) is 2.68. The van der Waals surface area contributed by atoms with Crippen LogP contribution >= 0.6 is 0 Å². The smallest absolute Gasteiger partial charge is 0.233 e. The topological polar surface area (TPSA) is 99.7 Å². The Hall–Kier alpha value is -2.08. The van der Waals surface area contributed by atoms with Crippen LogP contribution in [0.4, 0.5) is 0 Å². The molecule has 0 saturated carbocycles. The highest BCUT2D eigenvalue weighted by Gasteiger charge is 2.16. The van der Waals surface area contributed by atoms with E-state index in [1.807, 2.05) is 37.3 Å². The fourth-order valence-electron chi connectivity index (χ4n) is 1.74. The molecule has 0 bridgehead atoms. The maximum Gasteiger partial charge on any atom is 0.233 e. The van der Waals surface area contributed by atoms with E-state index < -0.39 is 0 Å². The lowest BCUT2D eigenvalue weighted by atomic mass is 9.98. The lowest BCUT2D eigenvalue weighted by Gasteiger charge is -2.16. The zero-order valence-electron chi connectivity index (χ0n) is 11.0. The zero-order valence-corrected chi connectivity index (χ0v) is 11.0. The average Bonchev–Trinajstić information content (AvgIpc) is 2.44. The van der Waals surface area contributed by atoms with E-state index in [4.69, 9.17) is 10.9 Å². The van der Waals surface area contributed by atoms with Crippen LogP contribution in [0, 0.1) is 0 Å². The Morgan fingerprint density at radius 3 is 2.68 bits per heavy atom. The molecule has 1 aromatic carbocycles. The first-order valence-corrected chi connectivity index (χ1v) is 6.18. The summed E-state index contributed by atoms with van der Waals surface area (Å²) in [5.41, 5.74) is 6.62. The number of nitrogens with two attached hydrogens (primary N) is 1. The van der Waals surface area contributed by atoms with Crippen molar-refractivity contribution in [3.8, 4) is 0 Å². The molecule has 0 aliphatic rings. The molecule has 1 unspecified atom stereocenters. The summed E-state index contributed by atoms with van der Waals surface area (Å²) in [5.74, 6) is -0.218. The molecule has 0 spiro atoms. The summed E-state index contributed by atoms with van der Waals surface area (Å²) in [5, 5.41) is 17.6. The number of hydrogen-bond acceptors (Lipinski definition) is 4. The number of likely N-dealkylation sites (N-methyl/N-ethyl adjacent to an activating group) is 1. The van der Waals surface area contributed by atoms with Gasteiger partial charge in [0.2, 0.25) is 5.91 Å². The summed E-state index contributed by atoms with van der Waals surface area (Å²) in [6.45, 7) is 3.09. The molecule has 1 rings (SSSR count). The Bertz CT molecular complexity index is 420. The molecule has 0 aliphatic carbocycles. The van der Waals surface area contributed by atoms with E-state index >= 15 is 0 Å². The molecular formula is C13H20N4O2. The standard InChI is InChI=1S/C13H20N4O2/c1-2-16-12(18)9-15-8-11(13(14)17-19)10-6-4-3-5-7-10/h3-7,11,15,19H,2,8-9H2,1H3,(H2,14,17)(H,16,18). The molecule has 0 fully saturated rings. The van der Waals surface area contributed by atoms with E-state index in [9.17, 15) is 4.79 Å². The number of carbonyl (C=O) groups is 1. The highest BCUT2D eigenvalue weighted by Crippen LogP contribution is 2.14. The maximum absolute atomic E-state index is 11.3. The van der Waals surface area contributed by atoms with Crippen molar-refractivity contribution in [3.63, 3.8) is 0 Å². The van der Waals surface area contributed by atoms with Crippen LogP contribution in [-0.4, -0.2) is 36.6 Å². The minimum atomic E-state index is -0.263. The van der Waals surface area contributed by atoms with Crippen molar-refractivity contribution in [2.24, 2.45) is 10.9 Å². The Morgan fingerprint density at radius 1 is 1.42 bits per heavy atom. The van der Waals surface area contributed by atoms with Crippen LogP contribution < -0.4 is 16.4 Å². The van der Waals surface area contributed by atoms with Gasteiger partial charge in [0.15, 0.2) is 0 Å². The van der Waals surface area contributed by atoms with Gasteiger partial charge in [-0.25, -0.2) is 0 Å². The van der Waals surface area contributed by atoms with Gasteiger partial charge in [0, 0.05) is 13.1 Å². The molecular weight excluding hydrogens is 244 g/mol. The summed E-state index contributed by atoms with van der Waals surface area (Å²) in [4.78, 5) is 11.3. The first-order valence-electron chi connectivity index (χ1n) is 6.18. The number of nitrogens with one attached hydrogen (secondary N) is 2. The number of nitrogens with zero attached hydrogens (tertiary/aromatic N) is 1.